The fourth-order valence-corrected chi connectivity index (χ4v) is 5.21. The third-order valence-corrected chi connectivity index (χ3v) is 7.06. The summed E-state index contributed by atoms with van der Waals surface area (Å²) in [6, 6.07) is 12.9. The van der Waals surface area contributed by atoms with Gasteiger partial charge in [-0.3, -0.25) is 14.9 Å². The van der Waals surface area contributed by atoms with Crippen molar-refractivity contribution in [3.05, 3.63) is 59.2 Å². The summed E-state index contributed by atoms with van der Waals surface area (Å²) >= 11 is 0. The van der Waals surface area contributed by atoms with E-state index in [2.05, 4.69) is 12.2 Å². The number of carboxylic acid groups (broad SMARTS) is 2. The molecule has 0 radical (unpaired) electrons. The molecule has 5 nitrogen and oxygen atoms in total. The maximum absolute atomic E-state index is 16.4. The van der Waals surface area contributed by atoms with Crippen LogP contribution in [0.5, 0.6) is 0 Å². The first-order chi connectivity index (χ1) is 15.3. The molecule has 1 unspecified atom stereocenters. The van der Waals surface area contributed by atoms with Crippen LogP contribution in [0.25, 0.3) is 11.1 Å². The maximum Gasteiger partial charge on any atom is 0.321 e. The van der Waals surface area contributed by atoms with Gasteiger partial charge in [0.05, 0.1) is 0 Å². The molecule has 0 amide bonds. The molecule has 2 aromatic carbocycles. The quantitative estimate of drug-likeness (QED) is 0.253. The minimum atomic E-state index is -1.87. The number of halogens is 1. The van der Waals surface area contributed by atoms with Crippen LogP contribution < -0.4 is 5.32 Å². The molecule has 6 heteroatoms. The highest BCUT2D eigenvalue weighted by atomic mass is 19.1. The van der Waals surface area contributed by atoms with Crippen molar-refractivity contribution in [2.45, 2.75) is 70.1 Å². The predicted molar refractivity (Wildman–Crippen MR) is 120 cm³/mol. The Balaban J connectivity index is 1.57. The van der Waals surface area contributed by atoms with Crippen LogP contribution in [0.3, 0.4) is 0 Å². The first kappa shape index (κ1) is 22.5. The fraction of sp³-hybridized carbons (Fsp3) is 0.462. The number of hydrogen-bond acceptors (Lipinski definition) is 3. The molecule has 0 aliphatic heterocycles. The summed E-state index contributed by atoms with van der Waals surface area (Å²) in [6.07, 6.45) is 6.22. The van der Waals surface area contributed by atoms with Crippen molar-refractivity contribution >= 4 is 11.9 Å². The molecule has 2 aliphatic rings. The van der Waals surface area contributed by atoms with Gasteiger partial charge in [-0.05, 0) is 42.4 Å². The van der Waals surface area contributed by atoms with Gasteiger partial charge >= 0.3 is 11.9 Å². The lowest BCUT2D eigenvalue weighted by Crippen LogP contribution is -2.62. The molecule has 1 fully saturated rings. The van der Waals surface area contributed by atoms with Crippen molar-refractivity contribution in [2.24, 2.45) is 5.41 Å². The van der Waals surface area contributed by atoms with Crippen LogP contribution in [0.15, 0.2) is 42.5 Å². The average molecular weight is 440 g/mol. The van der Waals surface area contributed by atoms with Crippen molar-refractivity contribution in [2.75, 3.05) is 0 Å². The number of rotatable bonds is 11. The Labute approximate surface area is 187 Å². The van der Waals surface area contributed by atoms with Gasteiger partial charge < -0.3 is 10.2 Å². The molecule has 1 atom stereocenters. The van der Waals surface area contributed by atoms with Gasteiger partial charge in [-0.2, -0.15) is 0 Å². The van der Waals surface area contributed by atoms with E-state index in [0.717, 1.165) is 36.0 Å². The number of carboxylic acids is 2. The Morgan fingerprint density at radius 1 is 1.00 bits per heavy atom. The molecule has 2 aromatic rings. The van der Waals surface area contributed by atoms with Crippen molar-refractivity contribution in [1.29, 1.82) is 0 Å². The molecule has 32 heavy (non-hydrogen) atoms. The lowest BCUT2D eigenvalue weighted by molar-refractivity contribution is -0.174. The van der Waals surface area contributed by atoms with E-state index in [1.807, 2.05) is 42.5 Å². The highest BCUT2D eigenvalue weighted by Gasteiger charge is 2.60. The number of nitrogens with one attached hydrogen (secondary N) is 1. The van der Waals surface area contributed by atoms with Gasteiger partial charge in [-0.25, -0.2) is 4.39 Å². The molecule has 3 N–H and O–H groups in total. The first-order valence-corrected chi connectivity index (χ1v) is 11.5. The Hall–Kier alpha value is -2.73. The third-order valence-electron chi connectivity index (χ3n) is 7.06. The fourth-order valence-electron chi connectivity index (χ4n) is 5.21. The molecule has 4 rings (SSSR count). The number of carbonyl (C=O) groups is 2. The normalized spacial score (nSPS) is 20.9. The Kier molecular flexibility index (Phi) is 6.08. The maximum atomic E-state index is 16.4. The highest BCUT2D eigenvalue weighted by Crippen LogP contribution is 2.54. The molecule has 0 spiro atoms. The van der Waals surface area contributed by atoms with E-state index in [4.69, 9.17) is 0 Å². The van der Waals surface area contributed by atoms with Gasteiger partial charge in [-0.1, -0.05) is 75.1 Å². The molecular weight excluding hydrogens is 409 g/mol. The predicted octanol–water partition coefficient (Wildman–Crippen LogP) is 5.26. The molecule has 2 bridgehead atoms. The summed E-state index contributed by atoms with van der Waals surface area (Å²) in [6.45, 7) is 2.18. The zero-order chi connectivity index (χ0) is 22.9. The van der Waals surface area contributed by atoms with E-state index >= 15 is 4.39 Å². The molecule has 2 aliphatic carbocycles. The van der Waals surface area contributed by atoms with E-state index in [1.165, 1.54) is 19.3 Å². The van der Waals surface area contributed by atoms with Gasteiger partial charge in [0, 0.05) is 17.2 Å². The minimum absolute atomic E-state index is 0.124. The summed E-state index contributed by atoms with van der Waals surface area (Å²) in [7, 11) is 0. The number of aliphatic carboxylic acids is 2. The minimum Gasteiger partial charge on any atom is -0.480 e. The van der Waals surface area contributed by atoms with Crippen molar-refractivity contribution < 1.29 is 24.2 Å². The van der Waals surface area contributed by atoms with Crippen molar-refractivity contribution in [3.8, 4) is 11.1 Å². The Bertz CT molecular complexity index is 1000. The zero-order valence-corrected chi connectivity index (χ0v) is 18.4. The number of fused-ring (bicyclic) bond motifs is 2. The van der Waals surface area contributed by atoms with E-state index < -0.39 is 29.2 Å². The van der Waals surface area contributed by atoms with Crippen LogP contribution in [-0.2, 0) is 21.8 Å². The second-order valence-corrected chi connectivity index (χ2v) is 9.14. The highest BCUT2D eigenvalue weighted by molar-refractivity contribution is 5.99. The second-order valence-electron chi connectivity index (χ2n) is 9.14. The van der Waals surface area contributed by atoms with Crippen LogP contribution >= 0.6 is 0 Å². The van der Waals surface area contributed by atoms with E-state index in [0.29, 0.717) is 11.1 Å². The summed E-state index contributed by atoms with van der Waals surface area (Å²) < 4.78 is 16.4. The number of hydrogen-bond donors (Lipinski definition) is 3. The largest absolute Gasteiger partial charge is 0.480 e. The van der Waals surface area contributed by atoms with Crippen LogP contribution in [0.4, 0.5) is 4.39 Å². The molecule has 0 aromatic heterocycles. The monoisotopic (exact) mass is 439 g/mol. The molecule has 170 valence electrons. The summed E-state index contributed by atoms with van der Waals surface area (Å²) in [5, 5.41) is 21.7. The molecule has 0 saturated heterocycles. The number of alkyl halides is 1. The van der Waals surface area contributed by atoms with Crippen molar-refractivity contribution in [1.82, 2.24) is 5.32 Å². The average Bonchev–Trinajstić information content (AvgIpc) is 2.75. The number of aryl methyl sites for hydroxylation is 1. The number of benzene rings is 2. The van der Waals surface area contributed by atoms with E-state index in [9.17, 15) is 19.8 Å². The lowest BCUT2D eigenvalue weighted by atomic mass is 9.63. The Morgan fingerprint density at radius 3 is 2.28 bits per heavy atom. The van der Waals surface area contributed by atoms with Crippen LogP contribution in [-0.4, -0.2) is 28.2 Å². The third kappa shape index (κ3) is 3.60. The number of unbranched alkanes of at least 4 members (excludes halogenated alkanes) is 4. The summed E-state index contributed by atoms with van der Waals surface area (Å²) in [5.41, 5.74) is 2.20. The van der Waals surface area contributed by atoms with Crippen LogP contribution in [0.1, 0.15) is 68.6 Å². The molecule has 1 saturated carbocycles. The summed E-state index contributed by atoms with van der Waals surface area (Å²) in [5.74, 6) is -4.59. The van der Waals surface area contributed by atoms with Gasteiger partial charge in [0.2, 0.25) is 5.79 Å². The van der Waals surface area contributed by atoms with Gasteiger partial charge in [0.15, 0.2) is 5.41 Å². The topological polar surface area (TPSA) is 86.6 Å². The Morgan fingerprint density at radius 2 is 1.66 bits per heavy atom. The standard InChI is InChI=1S/C26H30FNO4/c1-2-3-4-5-9-12-20-21-14-13-19(17-10-7-6-8-11-17)22(20)26(21,27)28-18-15-25(16-18,23(29)30)24(31)32/h6-8,10-11,13-14,18,28H,2-5,9,12,15-16H2,1H3,(H,29,30)(H,31,32). The van der Waals surface area contributed by atoms with E-state index in [1.54, 1.807) is 0 Å². The van der Waals surface area contributed by atoms with Gasteiger partial charge in [-0.15, -0.1) is 0 Å². The van der Waals surface area contributed by atoms with Gasteiger partial charge in [0.25, 0.3) is 0 Å². The second kappa shape index (κ2) is 8.66. The van der Waals surface area contributed by atoms with Gasteiger partial charge in [0.1, 0.15) is 0 Å². The van der Waals surface area contributed by atoms with Crippen LogP contribution in [0, 0.1) is 5.41 Å². The SMILES string of the molecule is CCCCCCCc1c2ccc(-c3ccccc3)c1C2(F)NC1CC(C(=O)O)(C(=O)O)C1. The smallest absolute Gasteiger partial charge is 0.321 e. The lowest BCUT2D eigenvalue weighted by Gasteiger charge is -2.49. The zero-order valence-electron chi connectivity index (χ0n) is 18.4. The molecule has 0 heterocycles. The van der Waals surface area contributed by atoms with Crippen molar-refractivity contribution in [3.63, 3.8) is 0 Å². The first-order valence-electron chi connectivity index (χ1n) is 11.5. The van der Waals surface area contributed by atoms with Crippen LogP contribution in [0.2, 0.25) is 0 Å². The summed E-state index contributed by atoms with van der Waals surface area (Å²) in [4.78, 5) is 23.0. The van der Waals surface area contributed by atoms with E-state index in [-0.39, 0.29) is 12.8 Å². The molecular formula is C26H30FNO4.